The quantitative estimate of drug-likeness (QED) is 0.829. The molecule has 1 saturated heterocycles. The van der Waals surface area contributed by atoms with E-state index in [-0.39, 0.29) is 5.25 Å². The summed E-state index contributed by atoms with van der Waals surface area (Å²) in [4.78, 5) is 16.2. The summed E-state index contributed by atoms with van der Waals surface area (Å²) in [6.45, 7) is 1.79. The second-order valence-electron chi connectivity index (χ2n) is 6.43. The number of hydrogen-bond donors (Lipinski definition) is 0. The number of rotatable bonds is 2. The van der Waals surface area contributed by atoms with Crippen LogP contribution in [0.4, 0.5) is 0 Å². The number of likely N-dealkylation sites (tertiary alicyclic amines) is 1. The van der Waals surface area contributed by atoms with E-state index in [9.17, 15) is 4.79 Å². The molecule has 0 radical (unpaired) electrons. The van der Waals surface area contributed by atoms with Gasteiger partial charge in [0.15, 0.2) is 0 Å². The third-order valence-corrected chi connectivity index (χ3v) is 6.31. The fourth-order valence-corrected chi connectivity index (χ4v) is 4.96. The Kier molecular flexibility index (Phi) is 4.13. The maximum atomic E-state index is 12.8. The second kappa shape index (κ2) is 6.40. The van der Waals surface area contributed by atoms with Crippen LogP contribution >= 0.6 is 11.8 Å². The van der Waals surface area contributed by atoms with Crippen molar-refractivity contribution >= 4 is 17.7 Å². The summed E-state index contributed by atoms with van der Waals surface area (Å²) in [5, 5.41) is 0.0840. The number of carbonyl (C=O) groups is 1. The lowest BCUT2D eigenvalue weighted by atomic mass is 9.89. The van der Waals surface area contributed by atoms with Crippen molar-refractivity contribution < 1.29 is 4.79 Å². The number of carbonyl (C=O) groups excluding carboxylic acids is 1. The van der Waals surface area contributed by atoms with Crippen LogP contribution in [0.2, 0.25) is 0 Å². The summed E-state index contributed by atoms with van der Waals surface area (Å²) in [6.07, 6.45) is 3.05. The molecule has 118 valence electrons. The maximum absolute atomic E-state index is 12.8. The number of fused-ring (bicyclic) bond motifs is 1. The molecule has 0 saturated carbocycles. The third kappa shape index (κ3) is 3.02. The molecule has 2 heterocycles. The van der Waals surface area contributed by atoms with Crippen molar-refractivity contribution in [2.45, 2.75) is 35.3 Å². The van der Waals surface area contributed by atoms with E-state index >= 15 is 0 Å². The molecule has 0 spiro atoms. The smallest absolute Gasteiger partial charge is 0.236 e. The Labute approximate surface area is 141 Å². The highest BCUT2D eigenvalue weighted by Crippen LogP contribution is 2.38. The highest BCUT2D eigenvalue weighted by atomic mass is 32.2. The summed E-state index contributed by atoms with van der Waals surface area (Å²) in [7, 11) is 0. The van der Waals surface area contributed by atoms with Gasteiger partial charge in [0.2, 0.25) is 5.91 Å². The van der Waals surface area contributed by atoms with Crippen LogP contribution in [-0.2, 0) is 11.2 Å². The van der Waals surface area contributed by atoms with Gasteiger partial charge in [0.1, 0.15) is 0 Å². The average Bonchev–Trinajstić information content (AvgIpc) is 3.06. The summed E-state index contributed by atoms with van der Waals surface area (Å²) < 4.78 is 0. The Hall–Kier alpha value is -1.74. The monoisotopic (exact) mass is 323 g/mol. The molecule has 1 atom stereocenters. The number of piperidine rings is 1. The molecule has 2 aliphatic heterocycles. The van der Waals surface area contributed by atoms with E-state index in [2.05, 4.69) is 59.5 Å². The second-order valence-corrected chi connectivity index (χ2v) is 7.67. The molecule has 2 aliphatic rings. The van der Waals surface area contributed by atoms with E-state index in [0.29, 0.717) is 11.8 Å². The first-order valence-electron chi connectivity index (χ1n) is 8.39. The van der Waals surface area contributed by atoms with E-state index in [0.717, 1.165) is 32.4 Å². The predicted octanol–water partition coefficient (Wildman–Crippen LogP) is 4.11. The van der Waals surface area contributed by atoms with Gasteiger partial charge in [-0.2, -0.15) is 0 Å². The van der Waals surface area contributed by atoms with Crippen molar-refractivity contribution in [1.82, 2.24) is 4.90 Å². The fraction of sp³-hybridized carbons (Fsp3) is 0.350. The van der Waals surface area contributed by atoms with Gasteiger partial charge in [0, 0.05) is 18.0 Å². The zero-order valence-electron chi connectivity index (χ0n) is 13.2. The Morgan fingerprint density at radius 1 is 0.957 bits per heavy atom. The van der Waals surface area contributed by atoms with Gasteiger partial charge in [-0.1, -0.05) is 48.5 Å². The van der Waals surface area contributed by atoms with E-state index in [4.69, 9.17) is 0 Å². The molecular weight excluding hydrogens is 302 g/mol. The van der Waals surface area contributed by atoms with Gasteiger partial charge in [-0.3, -0.25) is 4.79 Å². The lowest BCUT2D eigenvalue weighted by Gasteiger charge is -2.33. The van der Waals surface area contributed by atoms with Crippen LogP contribution in [0.5, 0.6) is 0 Å². The Balaban J connectivity index is 1.37. The lowest BCUT2D eigenvalue weighted by Crippen LogP contribution is -2.42. The number of thioether (sulfide) groups is 1. The molecular formula is C20H21NOS. The van der Waals surface area contributed by atoms with Gasteiger partial charge in [-0.05, 0) is 42.4 Å². The molecule has 0 aliphatic carbocycles. The van der Waals surface area contributed by atoms with Crippen LogP contribution in [0.1, 0.15) is 29.9 Å². The molecule has 0 bridgehead atoms. The van der Waals surface area contributed by atoms with Crippen LogP contribution in [-0.4, -0.2) is 29.1 Å². The molecule has 2 aromatic rings. The van der Waals surface area contributed by atoms with Crippen molar-refractivity contribution in [2.75, 3.05) is 13.1 Å². The zero-order chi connectivity index (χ0) is 15.6. The van der Waals surface area contributed by atoms with Crippen LogP contribution in [0, 0.1) is 0 Å². The van der Waals surface area contributed by atoms with Crippen molar-refractivity contribution in [3.63, 3.8) is 0 Å². The fourth-order valence-electron chi connectivity index (χ4n) is 3.68. The lowest BCUT2D eigenvalue weighted by molar-refractivity contribution is -0.131. The minimum Gasteiger partial charge on any atom is -0.342 e. The number of hydrogen-bond acceptors (Lipinski definition) is 2. The molecule has 0 aromatic heterocycles. The molecule has 3 heteroatoms. The molecule has 4 rings (SSSR count). The highest BCUT2D eigenvalue weighted by Gasteiger charge is 2.33. The molecule has 1 unspecified atom stereocenters. The molecule has 2 nitrogen and oxygen atoms in total. The summed E-state index contributed by atoms with van der Waals surface area (Å²) in [6, 6.07) is 19.1. The van der Waals surface area contributed by atoms with Gasteiger partial charge in [0.05, 0.1) is 5.25 Å². The molecule has 2 aromatic carbocycles. The van der Waals surface area contributed by atoms with Crippen molar-refractivity contribution in [1.29, 1.82) is 0 Å². The minimum absolute atomic E-state index is 0.0840. The molecule has 1 fully saturated rings. The van der Waals surface area contributed by atoms with Gasteiger partial charge in [-0.25, -0.2) is 0 Å². The number of amides is 1. The van der Waals surface area contributed by atoms with E-state index in [1.165, 1.54) is 16.0 Å². The summed E-state index contributed by atoms with van der Waals surface area (Å²) in [5.74, 6) is 0.936. The van der Waals surface area contributed by atoms with E-state index in [1.807, 2.05) is 0 Å². The first-order valence-corrected chi connectivity index (χ1v) is 9.27. The van der Waals surface area contributed by atoms with Gasteiger partial charge >= 0.3 is 0 Å². The zero-order valence-corrected chi connectivity index (χ0v) is 14.0. The predicted molar refractivity (Wildman–Crippen MR) is 94.8 cm³/mol. The number of benzene rings is 2. The minimum atomic E-state index is 0.0840. The summed E-state index contributed by atoms with van der Waals surface area (Å²) in [5.41, 5.74) is 2.75. The third-order valence-electron chi connectivity index (χ3n) is 5.00. The van der Waals surface area contributed by atoms with Crippen LogP contribution in [0.15, 0.2) is 59.5 Å². The molecule has 1 amide bonds. The first-order chi connectivity index (χ1) is 11.3. The molecule has 0 N–H and O–H groups in total. The van der Waals surface area contributed by atoms with Crippen LogP contribution in [0.3, 0.4) is 0 Å². The Morgan fingerprint density at radius 3 is 2.39 bits per heavy atom. The Morgan fingerprint density at radius 2 is 1.65 bits per heavy atom. The van der Waals surface area contributed by atoms with E-state index < -0.39 is 0 Å². The normalized spacial score (nSPS) is 21.2. The number of nitrogens with zero attached hydrogens (tertiary/aromatic N) is 1. The van der Waals surface area contributed by atoms with Gasteiger partial charge < -0.3 is 4.90 Å². The maximum Gasteiger partial charge on any atom is 0.236 e. The largest absolute Gasteiger partial charge is 0.342 e. The van der Waals surface area contributed by atoms with Crippen molar-refractivity contribution in [3.05, 3.63) is 65.7 Å². The van der Waals surface area contributed by atoms with Crippen LogP contribution < -0.4 is 0 Å². The van der Waals surface area contributed by atoms with Crippen molar-refractivity contribution in [2.24, 2.45) is 0 Å². The highest BCUT2D eigenvalue weighted by molar-refractivity contribution is 8.01. The first kappa shape index (κ1) is 14.8. The Bertz CT molecular complexity index is 667. The van der Waals surface area contributed by atoms with Crippen LogP contribution in [0.25, 0.3) is 0 Å². The van der Waals surface area contributed by atoms with Crippen molar-refractivity contribution in [3.8, 4) is 0 Å². The van der Waals surface area contributed by atoms with Gasteiger partial charge in [0.25, 0.3) is 0 Å². The standard InChI is InChI=1S/C20H21NOS/c22-20(19-14-17-8-4-5-9-18(17)23-19)21-12-10-16(11-13-21)15-6-2-1-3-7-15/h1-9,16,19H,10-14H2. The summed E-state index contributed by atoms with van der Waals surface area (Å²) >= 11 is 1.74. The topological polar surface area (TPSA) is 20.3 Å². The average molecular weight is 323 g/mol. The molecule has 23 heavy (non-hydrogen) atoms. The van der Waals surface area contributed by atoms with Gasteiger partial charge in [-0.15, -0.1) is 11.8 Å². The van der Waals surface area contributed by atoms with E-state index in [1.54, 1.807) is 11.8 Å². The SMILES string of the molecule is O=C(C1Cc2ccccc2S1)N1CCC(c2ccccc2)CC1.